The molecule has 0 radical (unpaired) electrons. The third-order valence-corrected chi connectivity index (χ3v) is 7.24. The van der Waals surface area contributed by atoms with Gasteiger partial charge >= 0.3 is 0 Å². The van der Waals surface area contributed by atoms with Crippen molar-refractivity contribution in [2.45, 2.75) is 65.7 Å². The topological polar surface area (TPSA) is 46.9 Å². The van der Waals surface area contributed by atoms with Gasteiger partial charge < -0.3 is 5.32 Å². The molecule has 2 heterocycles. The zero-order valence-electron chi connectivity index (χ0n) is 20.8. The van der Waals surface area contributed by atoms with Crippen molar-refractivity contribution >= 4 is 23.2 Å². The number of hydrogen-bond acceptors (Lipinski definition) is 3. The van der Waals surface area contributed by atoms with Gasteiger partial charge in [0.05, 0.1) is 11.4 Å². The van der Waals surface area contributed by atoms with E-state index in [1.54, 1.807) is 0 Å². The normalized spacial score (nSPS) is 19.5. The number of benzene rings is 2. The minimum Gasteiger partial charge on any atom is -0.343 e. The molecule has 1 aliphatic heterocycles. The molecule has 1 N–H and O–H groups in total. The molecule has 0 saturated heterocycles. The van der Waals surface area contributed by atoms with Crippen LogP contribution in [0.3, 0.4) is 0 Å². The van der Waals surface area contributed by atoms with Crippen LogP contribution in [0.1, 0.15) is 75.8 Å². The van der Waals surface area contributed by atoms with Crippen LogP contribution in [-0.2, 0) is 10.2 Å². The highest BCUT2D eigenvalue weighted by atomic mass is 35.5. The van der Waals surface area contributed by atoms with Gasteiger partial charge in [0.15, 0.2) is 5.78 Å². The number of halogens is 1. The smallest absolute Gasteiger partial charge is 0.162 e. The molecular weight excluding hydrogens is 442 g/mol. The van der Waals surface area contributed by atoms with Crippen LogP contribution >= 0.6 is 11.6 Å². The van der Waals surface area contributed by atoms with Crippen molar-refractivity contribution in [3.8, 4) is 5.69 Å². The summed E-state index contributed by atoms with van der Waals surface area (Å²) in [6, 6.07) is 16.3. The number of Topliss-reactive ketones (excluding diaryl/α,β-unsaturated/α-hetero) is 1. The number of rotatable bonds is 2. The second-order valence-corrected chi connectivity index (χ2v) is 11.9. The van der Waals surface area contributed by atoms with Crippen LogP contribution in [0.2, 0.25) is 5.02 Å². The molecule has 4 nitrogen and oxygen atoms in total. The summed E-state index contributed by atoms with van der Waals surface area (Å²) in [4.78, 5) is 13.7. The maximum absolute atomic E-state index is 13.7. The molecule has 0 bridgehead atoms. The van der Waals surface area contributed by atoms with E-state index in [0.29, 0.717) is 11.4 Å². The van der Waals surface area contributed by atoms with Crippen molar-refractivity contribution < 1.29 is 4.79 Å². The molecular formula is C29H32ClN3O. The Morgan fingerprint density at radius 2 is 1.74 bits per heavy atom. The average Bonchev–Trinajstić information content (AvgIpc) is 3.12. The minimum atomic E-state index is -0.253. The minimum absolute atomic E-state index is 0.104. The van der Waals surface area contributed by atoms with E-state index in [-0.39, 0.29) is 22.5 Å². The Balaban J connectivity index is 1.84. The van der Waals surface area contributed by atoms with Crippen LogP contribution < -0.4 is 5.32 Å². The third kappa shape index (κ3) is 3.78. The van der Waals surface area contributed by atoms with Crippen LogP contribution in [-0.4, -0.2) is 15.6 Å². The maximum Gasteiger partial charge on any atom is 0.162 e. The SMILES string of the molecule is Cc1ccc(-n2nc(C(C)(C)C)c3c2NC2=C(C(=O)CC(C)(C)C2)C3c2ccccc2Cl)cc1. The van der Waals surface area contributed by atoms with Crippen molar-refractivity contribution in [1.82, 2.24) is 9.78 Å². The summed E-state index contributed by atoms with van der Waals surface area (Å²) >= 11 is 6.79. The lowest BCUT2D eigenvalue weighted by molar-refractivity contribution is -0.118. The largest absolute Gasteiger partial charge is 0.343 e. The molecule has 0 amide bonds. The number of fused-ring (bicyclic) bond motifs is 1. The third-order valence-electron chi connectivity index (χ3n) is 6.89. The number of carbonyl (C=O) groups excluding carboxylic acids is 1. The molecule has 1 aliphatic carbocycles. The Morgan fingerprint density at radius 1 is 1.06 bits per heavy atom. The summed E-state index contributed by atoms with van der Waals surface area (Å²) in [6.07, 6.45) is 1.33. The van der Waals surface area contributed by atoms with Gasteiger partial charge in [0.2, 0.25) is 0 Å². The fraction of sp³-hybridized carbons (Fsp3) is 0.379. The standard InChI is InChI=1S/C29H32ClN3O/c1-17-11-13-18(14-12-17)33-27-25(26(32-33)28(2,3)4)23(19-9-7-8-10-20(19)30)24-21(31-27)15-29(5,6)16-22(24)34/h7-14,23,31H,15-16H2,1-6H3. The number of carbonyl (C=O) groups is 1. The van der Waals surface area contributed by atoms with Crippen molar-refractivity contribution in [2.75, 3.05) is 5.32 Å². The molecule has 176 valence electrons. The molecule has 1 atom stereocenters. The van der Waals surface area contributed by atoms with Gasteiger partial charge in [-0.3, -0.25) is 4.79 Å². The highest BCUT2D eigenvalue weighted by Crippen LogP contribution is 2.52. The van der Waals surface area contributed by atoms with Gasteiger partial charge in [0.1, 0.15) is 5.82 Å². The first-order chi connectivity index (χ1) is 16.0. The van der Waals surface area contributed by atoms with Crippen molar-refractivity contribution in [3.63, 3.8) is 0 Å². The monoisotopic (exact) mass is 473 g/mol. The molecule has 2 aliphatic rings. The van der Waals surface area contributed by atoms with Gasteiger partial charge in [-0.1, -0.05) is 82.1 Å². The van der Waals surface area contributed by atoms with E-state index >= 15 is 0 Å². The van der Waals surface area contributed by atoms with Gasteiger partial charge in [-0.15, -0.1) is 0 Å². The Labute approximate surface area is 207 Å². The van der Waals surface area contributed by atoms with Crippen LogP contribution in [0, 0.1) is 12.3 Å². The van der Waals surface area contributed by atoms with Crippen LogP contribution in [0.5, 0.6) is 0 Å². The molecule has 1 unspecified atom stereocenters. The van der Waals surface area contributed by atoms with Gasteiger partial charge in [-0.25, -0.2) is 4.68 Å². The van der Waals surface area contributed by atoms with E-state index in [0.717, 1.165) is 46.0 Å². The second-order valence-electron chi connectivity index (χ2n) is 11.5. The fourth-order valence-corrected chi connectivity index (χ4v) is 5.58. The molecule has 1 aromatic heterocycles. The fourth-order valence-electron chi connectivity index (χ4n) is 5.34. The number of hydrogen-bond donors (Lipinski definition) is 1. The number of aromatic nitrogens is 2. The predicted molar refractivity (Wildman–Crippen MR) is 139 cm³/mol. The first-order valence-corrected chi connectivity index (χ1v) is 12.3. The van der Waals surface area contributed by atoms with Gasteiger partial charge in [-0.2, -0.15) is 5.10 Å². The van der Waals surface area contributed by atoms with Crippen LogP contribution in [0.15, 0.2) is 59.8 Å². The summed E-state index contributed by atoms with van der Waals surface area (Å²) < 4.78 is 2.01. The molecule has 34 heavy (non-hydrogen) atoms. The van der Waals surface area contributed by atoms with E-state index in [2.05, 4.69) is 77.2 Å². The predicted octanol–water partition coefficient (Wildman–Crippen LogP) is 7.33. The van der Waals surface area contributed by atoms with Crippen molar-refractivity contribution in [3.05, 3.63) is 87.2 Å². The number of aryl methyl sites for hydroxylation is 1. The zero-order valence-corrected chi connectivity index (χ0v) is 21.5. The quantitative estimate of drug-likeness (QED) is 0.423. The molecule has 0 saturated carbocycles. The second kappa shape index (κ2) is 7.84. The summed E-state index contributed by atoms with van der Waals surface area (Å²) in [5.74, 6) is 0.872. The number of ketones is 1. The lowest BCUT2D eigenvalue weighted by Crippen LogP contribution is -2.34. The first-order valence-electron chi connectivity index (χ1n) is 11.9. The van der Waals surface area contributed by atoms with Gasteiger partial charge in [0, 0.05) is 39.6 Å². The molecule has 2 aromatic carbocycles. The highest BCUT2D eigenvalue weighted by molar-refractivity contribution is 6.31. The van der Waals surface area contributed by atoms with E-state index in [4.69, 9.17) is 16.7 Å². The lowest BCUT2D eigenvalue weighted by atomic mass is 9.68. The first kappa shape index (κ1) is 22.9. The summed E-state index contributed by atoms with van der Waals surface area (Å²) in [7, 11) is 0. The molecule has 0 spiro atoms. The summed E-state index contributed by atoms with van der Waals surface area (Å²) in [5.41, 5.74) is 6.68. The zero-order chi connectivity index (χ0) is 24.4. The van der Waals surface area contributed by atoms with E-state index in [9.17, 15) is 4.79 Å². The van der Waals surface area contributed by atoms with Gasteiger partial charge in [0.25, 0.3) is 0 Å². The maximum atomic E-state index is 13.7. The Bertz CT molecular complexity index is 1320. The molecule has 5 heteroatoms. The Hall–Kier alpha value is -2.85. The number of allylic oxidation sites excluding steroid dienone is 2. The van der Waals surface area contributed by atoms with Crippen molar-refractivity contribution in [1.29, 1.82) is 0 Å². The number of nitrogens with one attached hydrogen (secondary N) is 1. The highest BCUT2D eigenvalue weighted by Gasteiger charge is 2.45. The van der Waals surface area contributed by atoms with E-state index in [1.165, 1.54) is 5.56 Å². The molecule has 3 aromatic rings. The van der Waals surface area contributed by atoms with Gasteiger partial charge in [-0.05, 0) is 42.5 Å². The van der Waals surface area contributed by atoms with E-state index in [1.807, 2.05) is 22.9 Å². The van der Waals surface area contributed by atoms with Crippen LogP contribution in [0.4, 0.5) is 5.82 Å². The summed E-state index contributed by atoms with van der Waals surface area (Å²) in [6.45, 7) is 12.9. The Morgan fingerprint density at radius 3 is 2.38 bits per heavy atom. The van der Waals surface area contributed by atoms with Crippen LogP contribution in [0.25, 0.3) is 5.69 Å². The van der Waals surface area contributed by atoms with Crippen molar-refractivity contribution in [2.24, 2.45) is 5.41 Å². The summed E-state index contributed by atoms with van der Waals surface area (Å²) in [5, 5.41) is 9.53. The average molecular weight is 474 g/mol. The molecule has 5 rings (SSSR count). The molecule has 0 fully saturated rings. The Kier molecular flexibility index (Phi) is 5.29. The lowest BCUT2D eigenvalue weighted by Gasteiger charge is -2.39. The van der Waals surface area contributed by atoms with E-state index < -0.39 is 0 Å². The number of nitrogens with zero attached hydrogens (tertiary/aromatic N) is 2. The number of anilines is 1.